The van der Waals surface area contributed by atoms with Crippen LogP contribution in [0.3, 0.4) is 0 Å². The van der Waals surface area contributed by atoms with Crippen LogP contribution in [0.2, 0.25) is 0 Å². The van der Waals surface area contributed by atoms with Gasteiger partial charge in [-0.2, -0.15) is 13.2 Å². The predicted molar refractivity (Wildman–Crippen MR) is 99.7 cm³/mol. The molecule has 4 rings (SSSR count). The summed E-state index contributed by atoms with van der Waals surface area (Å²) < 4.78 is 48.9. The van der Waals surface area contributed by atoms with Gasteiger partial charge in [-0.15, -0.1) is 0 Å². The molecule has 3 heterocycles. The fraction of sp³-hybridized carbons (Fsp3) is 0.211. The van der Waals surface area contributed by atoms with E-state index in [4.69, 9.17) is 9.47 Å². The zero-order valence-corrected chi connectivity index (χ0v) is 15.2. The first kappa shape index (κ1) is 18.8. The van der Waals surface area contributed by atoms with Crippen LogP contribution in [0.25, 0.3) is 27.8 Å². The molecule has 0 amide bonds. The predicted octanol–water partition coefficient (Wildman–Crippen LogP) is 3.60. The molecule has 0 spiro atoms. The van der Waals surface area contributed by atoms with Crippen molar-refractivity contribution < 1.29 is 22.6 Å². The van der Waals surface area contributed by atoms with Gasteiger partial charge in [-0.05, 0) is 31.2 Å². The molecule has 1 N–H and O–H groups in total. The largest absolute Gasteiger partial charge is 0.491 e. The number of hydrogen-bond acceptors (Lipinski definition) is 5. The van der Waals surface area contributed by atoms with Crippen LogP contribution in [0, 0.1) is 0 Å². The van der Waals surface area contributed by atoms with Gasteiger partial charge in [-0.3, -0.25) is 14.5 Å². The molecule has 0 fully saturated rings. The minimum absolute atomic E-state index is 0.0186. The van der Waals surface area contributed by atoms with Crippen LogP contribution in [0.4, 0.5) is 13.2 Å². The zero-order valence-electron chi connectivity index (χ0n) is 15.2. The monoisotopic (exact) mass is 404 g/mol. The number of aromatic nitrogens is 4. The average molecular weight is 404 g/mol. The molecule has 0 bridgehead atoms. The van der Waals surface area contributed by atoms with Gasteiger partial charge in [-0.1, -0.05) is 0 Å². The first-order valence-electron chi connectivity index (χ1n) is 8.68. The molecule has 1 aromatic carbocycles. The molecule has 7 nitrogen and oxygen atoms in total. The third kappa shape index (κ3) is 3.73. The number of aromatic amines is 1. The molecule has 10 heteroatoms. The van der Waals surface area contributed by atoms with E-state index < -0.39 is 18.5 Å². The van der Waals surface area contributed by atoms with Crippen LogP contribution in [-0.2, 0) is 0 Å². The third-order valence-electron chi connectivity index (χ3n) is 4.14. The molecule has 0 saturated heterocycles. The minimum Gasteiger partial charge on any atom is -0.491 e. The molecule has 3 aromatic heterocycles. The van der Waals surface area contributed by atoms with Gasteiger partial charge in [0.2, 0.25) is 0 Å². The van der Waals surface area contributed by atoms with E-state index in [1.165, 1.54) is 23.0 Å². The maximum absolute atomic E-state index is 12.6. The van der Waals surface area contributed by atoms with Crippen molar-refractivity contribution in [2.75, 3.05) is 13.2 Å². The Hall–Kier alpha value is -3.56. The second-order valence-electron chi connectivity index (χ2n) is 6.16. The summed E-state index contributed by atoms with van der Waals surface area (Å²) in [4.78, 5) is 23.5. The van der Waals surface area contributed by atoms with E-state index in [2.05, 4.69) is 15.0 Å². The Bertz CT molecular complexity index is 1250. The van der Waals surface area contributed by atoms with Crippen molar-refractivity contribution in [3.63, 3.8) is 0 Å². The molecule has 0 aliphatic heterocycles. The standard InChI is InChI=1S/C19H15F3N4O3/c1-2-28-15-5-6-23-17-16(15)26(18(27)25-17)12-3-4-14-11(7-12)8-13(9-24-14)29-10-19(20,21)22/h3-9H,2,10H2,1H3,(H,23,25,27). The molecule has 0 aliphatic carbocycles. The number of benzene rings is 1. The van der Waals surface area contributed by atoms with Crippen LogP contribution in [0.1, 0.15) is 6.92 Å². The van der Waals surface area contributed by atoms with E-state index in [0.29, 0.717) is 40.1 Å². The Morgan fingerprint density at radius 2 is 1.97 bits per heavy atom. The Morgan fingerprint density at radius 1 is 1.14 bits per heavy atom. The summed E-state index contributed by atoms with van der Waals surface area (Å²) in [5.41, 5.74) is 1.44. The van der Waals surface area contributed by atoms with Gasteiger partial charge in [0.25, 0.3) is 0 Å². The van der Waals surface area contributed by atoms with E-state index in [-0.39, 0.29) is 5.75 Å². The molecule has 29 heavy (non-hydrogen) atoms. The van der Waals surface area contributed by atoms with Crippen molar-refractivity contribution in [2.45, 2.75) is 13.1 Å². The lowest BCUT2D eigenvalue weighted by atomic mass is 10.2. The fourth-order valence-electron chi connectivity index (χ4n) is 3.00. The number of imidazole rings is 1. The van der Waals surface area contributed by atoms with Crippen LogP contribution in [0.5, 0.6) is 11.5 Å². The van der Waals surface area contributed by atoms with Crippen LogP contribution < -0.4 is 15.2 Å². The SMILES string of the molecule is CCOc1ccnc2[nH]c(=O)n(-c3ccc4ncc(OCC(F)(F)F)cc4c3)c12. The van der Waals surface area contributed by atoms with Crippen molar-refractivity contribution in [1.82, 2.24) is 19.5 Å². The first-order chi connectivity index (χ1) is 13.9. The van der Waals surface area contributed by atoms with Crippen LogP contribution in [-0.4, -0.2) is 38.9 Å². The molecule has 0 radical (unpaired) electrons. The highest BCUT2D eigenvalue weighted by atomic mass is 19.4. The lowest BCUT2D eigenvalue weighted by molar-refractivity contribution is -0.153. The number of ether oxygens (including phenoxy) is 2. The Kier molecular flexibility index (Phi) is 4.61. The molecular formula is C19H15F3N4O3. The smallest absolute Gasteiger partial charge is 0.422 e. The molecule has 0 saturated carbocycles. The van der Waals surface area contributed by atoms with Crippen molar-refractivity contribution >= 4 is 22.1 Å². The minimum atomic E-state index is -4.45. The first-order valence-corrected chi connectivity index (χ1v) is 8.68. The molecule has 0 aliphatic rings. The Balaban J connectivity index is 1.82. The lowest BCUT2D eigenvalue weighted by Crippen LogP contribution is -2.19. The number of hydrogen-bond donors (Lipinski definition) is 1. The van der Waals surface area contributed by atoms with Gasteiger partial charge >= 0.3 is 11.9 Å². The summed E-state index contributed by atoms with van der Waals surface area (Å²) >= 11 is 0. The number of pyridine rings is 2. The van der Waals surface area contributed by atoms with Crippen LogP contribution >= 0.6 is 0 Å². The molecule has 0 atom stereocenters. The lowest BCUT2D eigenvalue weighted by Gasteiger charge is -2.11. The maximum Gasteiger partial charge on any atom is 0.422 e. The molecule has 150 valence electrons. The van der Waals surface area contributed by atoms with Gasteiger partial charge < -0.3 is 9.47 Å². The van der Waals surface area contributed by atoms with Gasteiger partial charge in [0.15, 0.2) is 12.3 Å². The molecule has 0 unspecified atom stereocenters. The van der Waals surface area contributed by atoms with Gasteiger partial charge in [-0.25, -0.2) is 9.78 Å². The van der Waals surface area contributed by atoms with E-state index in [1.54, 1.807) is 24.3 Å². The number of halogens is 3. The van der Waals surface area contributed by atoms with Crippen LogP contribution in [0.15, 0.2) is 47.5 Å². The number of nitrogens with zero attached hydrogens (tertiary/aromatic N) is 3. The molecule has 4 aromatic rings. The highest BCUT2D eigenvalue weighted by Crippen LogP contribution is 2.27. The van der Waals surface area contributed by atoms with Crippen molar-refractivity contribution in [3.05, 3.63) is 53.2 Å². The summed E-state index contributed by atoms with van der Waals surface area (Å²) in [5.74, 6) is 0.464. The second kappa shape index (κ2) is 7.12. The number of rotatable bonds is 5. The van der Waals surface area contributed by atoms with E-state index in [0.717, 1.165) is 0 Å². The summed E-state index contributed by atoms with van der Waals surface area (Å²) in [7, 11) is 0. The highest BCUT2D eigenvalue weighted by Gasteiger charge is 2.28. The van der Waals surface area contributed by atoms with Crippen molar-refractivity contribution in [3.8, 4) is 17.2 Å². The second-order valence-corrected chi connectivity index (χ2v) is 6.16. The quantitative estimate of drug-likeness (QED) is 0.550. The maximum atomic E-state index is 12.6. The topological polar surface area (TPSA) is 82.0 Å². The Morgan fingerprint density at radius 3 is 2.72 bits per heavy atom. The van der Waals surface area contributed by atoms with Gasteiger partial charge in [0, 0.05) is 17.6 Å². The number of fused-ring (bicyclic) bond motifs is 2. The van der Waals surface area contributed by atoms with E-state index >= 15 is 0 Å². The highest BCUT2D eigenvalue weighted by molar-refractivity contribution is 5.85. The number of alkyl halides is 3. The fourth-order valence-corrected chi connectivity index (χ4v) is 3.00. The van der Waals surface area contributed by atoms with Crippen molar-refractivity contribution in [1.29, 1.82) is 0 Å². The zero-order chi connectivity index (χ0) is 20.6. The Labute approximate surface area is 161 Å². The van der Waals surface area contributed by atoms with E-state index in [1.807, 2.05) is 6.92 Å². The normalized spacial score (nSPS) is 11.9. The summed E-state index contributed by atoms with van der Waals surface area (Å²) in [5, 5.41) is 0.519. The number of H-pyrrole nitrogens is 1. The summed E-state index contributed by atoms with van der Waals surface area (Å²) in [6.45, 7) is 0.816. The molecular weight excluding hydrogens is 389 g/mol. The number of nitrogens with one attached hydrogen (secondary N) is 1. The summed E-state index contributed by atoms with van der Waals surface area (Å²) in [6, 6.07) is 8.09. The van der Waals surface area contributed by atoms with E-state index in [9.17, 15) is 18.0 Å². The average Bonchev–Trinajstić information content (AvgIpc) is 3.02. The third-order valence-corrected chi connectivity index (χ3v) is 4.14. The summed E-state index contributed by atoms with van der Waals surface area (Å²) in [6.07, 6.45) is -1.69. The van der Waals surface area contributed by atoms with Gasteiger partial charge in [0.05, 0.1) is 24.0 Å². The van der Waals surface area contributed by atoms with Gasteiger partial charge in [0.1, 0.15) is 17.0 Å². The van der Waals surface area contributed by atoms with Crippen molar-refractivity contribution in [2.24, 2.45) is 0 Å².